The third kappa shape index (κ3) is 4.27. The number of ketones is 1. The van der Waals surface area contributed by atoms with Gasteiger partial charge in [-0.05, 0) is 31.5 Å². The van der Waals surface area contributed by atoms with Gasteiger partial charge in [-0.1, -0.05) is 0 Å². The summed E-state index contributed by atoms with van der Waals surface area (Å²) in [7, 11) is 0. The Labute approximate surface area is 159 Å². The fourth-order valence-corrected chi connectivity index (χ4v) is 3.11. The SMILES string of the molecule is CC(O)C1C(=O)NC1(C)CC(=O)C(=[N+]=[N-])C(=O)OCc1ccc([N+](=O)[O-])cc1. The Bertz CT molecular complexity index is 874. The van der Waals surface area contributed by atoms with E-state index in [1.165, 1.54) is 38.1 Å². The third-order valence-electron chi connectivity index (χ3n) is 4.46. The smallest absolute Gasteiger partial charge is 0.441 e. The number of aliphatic hydroxyl groups excluding tert-OH is 1. The number of nitrogens with one attached hydrogen (secondary N) is 1. The van der Waals surface area contributed by atoms with E-state index in [-0.39, 0.29) is 18.7 Å². The van der Waals surface area contributed by atoms with Gasteiger partial charge in [0.1, 0.15) is 6.61 Å². The Balaban J connectivity index is 1.99. The Hall–Kier alpha value is -3.43. The Morgan fingerprint density at radius 3 is 2.50 bits per heavy atom. The van der Waals surface area contributed by atoms with Crippen molar-refractivity contribution in [3.63, 3.8) is 0 Å². The summed E-state index contributed by atoms with van der Waals surface area (Å²) in [5.41, 5.74) is 7.39. The van der Waals surface area contributed by atoms with Crippen LogP contribution >= 0.6 is 0 Å². The zero-order valence-electron chi connectivity index (χ0n) is 15.1. The van der Waals surface area contributed by atoms with Crippen LogP contribution in [0, 0.1) is 16.0 Å². The van der Waals surface area contributed by atoms with E-state index >= 15 is 0 Å². The molecule has 0 saturated carbocycles. The molecule has 1 heterocycles. The van der Waals surface area contributed by atoms with Crippen LogP contribution in [-0.2, 0) is 25.7 Å². The first kappa shape index (κ1) is 20.9. The maximum atomic E-state index is 12.3. The largest absolute Gasteiger partial charge is 0.452 e. The van der Waals surface area contributed by atoms with Gasteiger partial charge in [0.05, 0.1) is 22.5 Å². The number of ether oxygens (including phenoxy) is 1. The predicted octanol–water partition coefficient (Wildman–Crippen LogP) is 0.153. The van der Waals surface area contributed by atoms with E-state index in [9.17, 15) is 29.6 Å². The van der Waals surface area contributed by atoms with Crippen molar-refractivity contribution < 1.29 is 33.9 Å². The number of nitro benzene ring substituents is 1. The van der Waals surface area contributed by atoms with Crippen molar-refractivity contribution in [2.24, 2.45) is 5.92 Å². The lowest BCUT2D eigenvalue weighted by Gasteiger charge is -2.47. The third-order valence-corrected chi connectivity index (χ3v) is 4.46. The lowest BCUT2D eigenvalue weighted by atomic mass is 9.71. The minimum atomic E-state index is -1.19. The summed E-state index contributed by atoms with van der Waals surface area (Å²) >= 11 is 0. The first-order valence-corrected chi connectivity index (χ1v) is 8.25. The van der Waals surface area contributed by atoms with Crippen molar-refractivity contribution in [3.05, 3.63) is 45.5 Å². The summed E-state index contributed by atoms with van der Waals surface area (Å²) in [5, 5.41) is 22.8. The minimum absolute atomic E-state index is 0.133. The molecule has 1 aromatic carbocycles. The van der Waals surface area contributed by atoms with Crippen molar-refractivity contribution in [1.82, 2.24) is 5.32 Å². The minimum Gasteiger partial charge on any atom is -0.452 e. The fourth-order valence-electron chi connectivity index (χ4n) is 3.11. The van der Waals surface area contributed by atoms with E-state index in [4.69, 9.17) is 10.3 Å². The second kappa shape index (κ2) is 8.07. The van der Waals surface area contributed by atoms with Gasteiger partial charge in [-0.3, -0.25) is 19.7 Å². The highest BCUT2D eigenvalue weighted by molar-refractivity contribution is 6.62. The molecule has 28 heavy (non-hydrogen) atoms. The maximum absolute atomic E-state index is 12.3. The van der Waals surface area contributed by atoms with Crippen molar-refractivity contribution in [2.45, 2.75) is 38.5 Å². The van der Waals surface area contributed by atoms with Crippen LogP contribution < -0.4 is 5.32 Å². The van der Waals surface area contributed by atoms with Gasteiger partial charge in [0, 0.05) is 18.6 Å². The molecule has 2 N–H and O–H groups in total. The number of esters is 1. The van der Waals surface area contributed by atoms with E-state index in [0.717, 1.165) is 0 Å². The zero-order chi connectivity index (χ0) is 21.1. The number of hydrogen-bond acceptors (Lipinski definition) is 7. The van der Waals surface area contributed by atoms with Gasteiger partial charge in [0.2, 0.25) is 5.91 Å². The van der Waals surface area contributed by atoms with Crippen molar-refractivity contribution >= 4 is 29.1 Å². The van der Waals surface area contributed by atoms with Gasteiger partial charge in [-0.25, -0.2) is 4.79 Å². The summed E-state index contributed by atoms with van der Waals surface area (Å²) in [6.45, 7) is 2.64. The molecule has 1 amide bonds. The number of benzene rings is 1. The molecule has 11 heteroatoms. The molecule has 2 rings (SSSR count). The number of β-lactam (4-membered cyclic amide) rings is 1. The van der Waals surface area contributed by atoms with Gasteiger partial charge in [-0.15, -0.1) is 0 Å². The normalized spacial score (nSPS) is 21.5. The van der Waals surface area contributed by atoms with E-state index in [0.29, 0.717) is 5.56 Å². The van der Waals surface area contributed by atoms with Crippen molar-refractivity contribution in [1.29, 1.82) is 0 Å². The molecule has 3 unspecified atom stereocenters. The van der Waals surface area contributed by atoms with E-state index < -0.39 is 45.9 Å². The number of aliphatic hydroxyl groups is 1. The monoisotopic (exact) mass is 390 g/mol. The highest BCUT2D eigenvalue weighted by Crippen LogP contribution is 2.33. The number of carbonyl (C=O) groups excluding carboxylic acids is 3. The first-order chi connectivity index (χ1) is 13.1. The van der Waals surface area contributed by atoms with Crippen molar-refractivity contribution in [2.75, 3.05) is 0 Å². The molecule has 11 nitrogen and oxygen atoms in total. The van der Waals surface area contributed by atoms with Crippen LogP contribution in [0.1, 0.15) is 25.8 Å². The molecule has 0 aliphatic carbocycles. The molecular formula is C17H18N4O7. The molecule has 0 bridgehead atoms. The molecule has 1 fully saturated rings. The molecule has 0 spiro atoms. The van der Waals surface area contributed by atoms with Gasteiger partial charge in [0.25, 0.3) is 11.5 Å². The fraction of sp³-hybridized carbons (Fsp3) is 0.412. The second-order valence-electron chi connectivity index (χ2n) is 6.67. The van der Waals surface area contributed by atoms with Crippen LogP contribution in [0.25, 0.3) is 5.53 Å². The van der Waals surface area contributed by atoms with Crippen LogP contribution in [0.5, 0.6) is 0 Å². The summed E-state index contributed by atoms with van der Waals surface area (Å²) in [6, 6.07) is 5.21. The predicted molar refractivity (Wildman–Crippen MR) is 92.9 cm³/mol. The topological polar surface area (TPSA) is 172 Å². The highest BCUT2D eigenvalue weighted by Gasteiger charge is 2.54. The highest BCUT2D eigenvalue weighted by atomic mass is 16.6. The van der Waals surface area contributed by atoms with E-state index in [1.54, 1.807) is 0 Å². The van der Waals surface area contributed by atoms with Gasteiger partial charge < -0.3 is 20.7 Å². The molecule has 0 radical (unpaired) electrons. The molecular weight excluding hydrogens is 372 g/mol. The van der Waals surface area contributed by atoms with Crippen molar-refractivity contribution in [3.8, 4) is 0 Å². The number of hydrogen-bond donors (Lipinski definition) is 2. The number of non-ortho nitro benzene ring substituents is 1. The number of carbonyl (C=O) groups is 3. The average molecular weight is 390 g/mol. The standard InChI is InChI=1S/C17H18N4O7/c1-9(22)13-15(24)19-17(13,2)7-12(23)14(20-18)16(25)28-8-10-3-5-11(6-4-10)21(26)27/h3-6,9,13,22H,7-8H2,1-2H3,(H,19,24). The quantitative estimate of drug-likeness (QED) is 0.0929. The maximum Gasteiger partial charge on any atom is 0.441 e. The lowest BCUT2D eigenvalue weighted by Crippen LogP contribution is -2.71. The van der Waals surface area contributed by atoms with Gasteiger partial charge >= 0.3 is 11.7 Å². The van der Waals surface area contributed by atoms with Crippen LogP contribution in [-0.4, -0.2) is 49.8 Å². The van der Waals surface area contributed by atoms with Crippen LogP contribution in [0.4, 0.5) is 5.69 Å². The van der Waals surface area contributed by atoms with Crippen LogP contribution in [0.15, 0.2) is 24.3 Å². The Morgan fingerprint density at radius 2 is 2.04 bits per heavy atom. The number of nitro groups is 1. The molecule has 1 aliphatic rings. The summed E-state index contributed by atoms with van der Waals surface area (Å²) in [6.07, 6.45) is -1.38. The molecule has 0 aromatic heterocycles. The molecule has 1 saturated heterocycles. The summed E-state index contributed by atoms with van der Waals surface area (Å²) in [4.78, 5) is 48.7. The van der Waals surface area contributed by atoms with E-state index in [1.807, 2.05) is 0 Å². The number of Topliss-reactive ketones (excluding diaryl/α,β-unsaturated/α-hetero) is 1. The summed E-state index contributed by atoms with van der Waals surface area (Å²) < 4.78 is 4.91. The van der Waals surface area contributed by atoms with Gasteiger partial charge in [0.15, 0.2) is 0 Å². The number of rotatable bonds is 8. The second-order valence-corrected chi connectivity index (χ2v) is 6.67. The molecule has 148 valence electrons. The molecule has 3 atom stereocenters. The van der Waals surface area contributed by atoms with Crippen LogP contribution in [0.3, 0.4) is 0 Å². The zero-order valence-corrected chi connectivity index (χ0v) is 15.1. The lowest BCUT2D eigenvalue weighted by molar-refractivity contribution is -0.384. The number of amides is 1. The Morgan fingerprint density at radius 1 is 1.43 bits per heavy atom. The Kier molecular flexibility index (Phi) is 6.02. The van der Waals surface area contributed by atoms with E-state index in [2.05, 4.69) is 10.1 Å². The number of nitrogens with zero attached hydrogens (tertiary/aromatic N) is 3. The average Bonchev–Trinajstić information content (AvgIpc) is 2.59. The first-order valence-electron chi connectivity index (χ1n) is 8.25. The molecule has 1 aliphatic heterocycles. The molecule has 1 aromatic rings. The van der Waals surface area contributed by atoms with Gasteiger partial charge in [-0.2, -0.15) is 4.79 Å². The van der Waals surface area contributed by atoms with Crippen LogP contribution in [0.2, 0.25) is 0 Å². The summed E-state index contributed by atoms with van der Waals surface area (Å²) in [5.74, 6) is -3.32.